The van der Waals surface area contributed by atoms with Crippen LogP contribution in [0.1, 0.15) is 66.3 Å². The molecule has 0 spiro atoms. The van der Waals surface area contributed by atoms with Crippen LogP contribution in [0.5, 0.6) is 0 Å². The highest BCUT2D eigenvalue weighted by Gasteiger charge is 2.50. The van der Waals surface area contributed by atoms with Gasteiger partial charge < -0.3 is 14.5 Å². The molecular weight excluding hydrogens is 555 g/mol. The van der Waals surface area contributed by atoms with Crippen molar-refractivity contribution < 1.29 is 31.9 Å². The van der Waals surface area contributed by atoms with Crippen LogP contribution in [0.3, 0.4) is 0 Å². The lowest BCUT2D eigenvalue weighted by molar-refractivity contribution is -0.145. The number of rotatable bonds is 6. The molecule has 1 aliphatic heterocycles. The first-order valence-corrected chi connectivity index (χ1v) is 16.4. The second kappa shape index (κ2) is 11.7. The van der Waals surface area contributed by atoms with Gasteiger partial charge in [-0.25, -0.2) is 14.8 Å². The fourth-order valence-electron chi connectivity index (χ4n) is 4.19. The summed E-state index contributed by atoms with van der Waals surface area (Å²) in [5.74, 6) is -1.60. The zero-order valence-corrected chi connectivity index (χ0v) is 26.1. The van der Waals surface area contributed by atoms with E-state index in [1.807, 2.05) is 6.92 Å². The Balaban J connectivity index is 1.78. The number of amides is 2. The van der Waals surface area contributed by atoms with Crippen molar-refractivity contribution in [1.29, 1.82) is 0 Å². The average Bonchev–Trinajstić information content (AvgIpc) is 3.16. The predicted molar refractivity (Wildman–Crippen MR) is 150 cm³/mol. The molecule has 3 rings (SSSR count). The van der Waals surface area contributed by atoms with Gasteiger partial charge in [-0.05, 0) is 63.5 Å². The van der Waals surface area contributed by atoms with E-state index in [9.17, 15) is 22.8 Å². The predicted octanol–water partition coefficient (Wildman–Crippen LogP) is 5.96. The first-order valence-electron chi connectivity index (χ1n) is 13.5. The Labute approximate surface area is 240 Å². The van der Waals surface area contributed by atoms with Gasteiger partial charge in [0.15, 0.2) is 8.32 Å². The van der Waals surface area contributed by atoms with Crippen LogP contribution in [0.25, 0.3) is 11.3 Å². The van der Waals surface area contributed by atoms with E-state index in [2.05, 4.69) is 54.1 Å². The lowest BCUT2D eigenvalue weighted by Crippen LogP contribution is -2.51. The molecule has 0 saturated carbocycles. The summed E-state index contributed by atoms with van der Waals surface area (Å²) in [5.41, 5.74) is 0.578. The fraction of sp³-hybridized carbons (Fsp3) is 0.607. The van der Waals surface area contributed by atoms with Gasteiger partial charge in [-0.3, -0.25) is 14.7 Å². The van der Waals surface area contributed by atoms with Gasteiger partial charge in [-0.2, -0.15) is 13.2 Å². The summed E-state index contributed by atoms with van der Waals surface area (Å²) in [4.78, 5) is 39.2. The van der Waals surface area contributed by atoms with Crippen molar-refractivity contribution in [3.05, 3.63) is 42.1 Å². The summed E-state index contributed by atoms with van der Waals surface area (Å²) in [6, 6.07) is 2.13. The number of pyridine rings is 1. The number of carbonyl (C=O) groups is 2. The van der Waals surface area contributed by atoms with Crippen molar-refractivity contribution >= 4 is 20.3 Å². The Morgan fingerprint density at radius 2 is 1.68 bits per heavy atom. The van der Waals surface area contributed by atoms with Gasteiger partial charge >= 0.3 is 12.3 Å². The summed E-state index contributed by atoms with van der Waals surface area (Å²) in [6.07, 6.45) is -1.64. The summed E-state index contributed by atoms with van der Waals surface area (Å²) < 4.78 is 50.7. The zero-order valence-electron chi connectivity index (χ0n) is 25.1. The maximum absolute atomic E-state index is 13.5. The third-order valence-electron chi connectivity index (χ3n) is 7.42. The summed E-state index contributed by atoms with van der Waals surface area (Å²) in [6.45, 7) is 18.0. The Bertz CT molecular complexity index is 1240. The highest BCUT2D eigenvalue weighted by Crippen LogP contribution is 2.40. The lowest BCUT2D eigenvalue weighted by Gasteiger charge is -2.39. The highest BCUT2D eigenvalue weighted by molar-refractivity contribution is 6.74. The van der Waals surface area contributed by atoms with Gasteiger partial charge in [0, 0.05) is 37.1 Å². The standard InChI is InChI=1S/C28H40F3N5O4Si/c1-17-22(40-41(8,9)27(5,6)7)13-21(36(17)25(38)39-26(2,3)4)23(37)33-14-18-10-11-32-20(12-18)19-15-34-24(35-16-19)28(29,30)31/h10-12,15-17,21-22H,13-14H2,1-9H3,(H,33,37)/t17-,21-,22?/m0/s1. The van der Waals surface area contributed by atoms with Crippen molar-refractivity contribution in [2.24, 2.45) is 0 Å². The number of nitrogens with one attached hydrogen (secondary N) is 1. The normalized spacial score (nSPS) is 20.2. The molecule has 13 heteroatoms. The van der Waals surface area contributed by atoms with Crippen molar-refractivity contribution in [3.8, 4) is 11.3 Å². The van der Waals surface area contributed by atoms with Crippen LogP contribution in [0.2, 0.25) is 18.1 Å². The molecular formula is C28H40F3N5O4Si. The van der Waals surface area contributed by atoms with Gasteiger partial charge in [-0.1, -0.05) is 20.8 Å². The van der Waals surface area contributed by atoms with Gasteiger partial charge in [0.05, 0.1) is 17.8 Å². The molecule has 1 N–H and O–H groups in total. The largest absolute Gasteiger partial charge is 0.451 e. The lowest BCUT2D eigenvalue weighted by atomic mass is 10.1. The molecule has 2 aromatic rings. The minimum atomic E-state index is -4.64. The topological polar surface area (TPSA) is 107 Å². The van der Waals surface area contributed by atoms with Crippen molar-refractivity contribution in [1.82, 2.24) is 25.2 Å². The smallest absolute Gasteiger partial charge is 0.444 e. The second-order valence-electron chi connectivity index (χ2n) is 12.9. The number of nitrogens with zero attached hydrogens (tertiary/aromatic N) is 4. The molecule has 1 saturated heterocycles. The third-order valence-corrected chi connectivity index (χ3v) is 11.9. The van der Waals surface area contributed by atoms with Gasteiger partial charge in [-0.15, -0.1) is 0 Å². The highest BCUT2D eigenvalue weighted by atomic mass is 28.4. The van der Waals surface area contributed by atoms with E-state index < -0.39 is 38.1 Å². The van der Waals surface area contributed by atoms with E-state index in [1.165, 1.54) is 11.1 Å². The Hall–Kier alpha value is -3.06. The average molecular weight is 596 g/mol. The minimum absolute atomic E-state index is 0.0546. The molecule has 0 radical (unpaired) electrons. The zero-order chi connectivity index (χ0) is 31.0. The van der Waals surface area contributed by atoms with Crippen LogP contribution in [-0.4, -0.2) is 64.0 Å². The summed E-state index contributed by atoms with van der Waals surface area (Å²) in [7, 11) is -2.20. The molecule has 3 atom stereocenters. The first-order chi connectivity index (χ1) is 18.7. The molecule has 1 aliphatic rings. The molecule has 3 heterocycles. The number of alkyl halides is 3. The molecule has 0 bridgehead atoms. The number of hydrogen-bond donors (Lipinski definition) is 1. The molecule has 0 aliphatic carbocycles. The van der Waals surface area contributed by atoms with Crippen LogP contribution in [-0.2, 0) is 26.7 Å². The number of halogens is 3. The Morgan fingerprint density at radius 1 is 1.07 bits per heavy atom. The van der Waals surface area contributed by atoms with Crippen molar-refractivity contribution in [2.45, 2.75) is 110 Å². The number of carbonyl (C=O) groups excluding carboxylic acids is 2. The van der Waals surface area contributed by atoms with Crippen LogP contribution < -0.4 is 5.32 Å². The van der Waals surface area contributed by atoms with Crippen LogP contribution in [0.15, 0.2) is 30.7 Å². The van der Waals surface area contributed by atoms with Crippen LogP contribution in [0, 0.1) is 0 Å². The van der Waals surface area contributed by atoms with Crippen LogP contribution >= 0.6 is 0 Å². The van der Waals surface area contributed by atoms with E-state index in [1.54, 1.807) is 32.9 Å². The molecule has 2 amide bonds. The fourth-order valence-corrected chi connectivity index (χ4v) is 5.60. The second-order valence-corrected chi connectivity index (χ2v) is 17.6. The number of likely N-dealkylation sites (tertiary alicyclic amines) is 1. The van der Waals surface area contributed by atoms with E-state index >= 15 is 0 Å². The third kappa shape index (κ3) is 8.03. The van der Waals surface area contributed by atoms with E-state index in [4.69, 9.17) is 9.16 Å². The number of ether oxygens (including phenoxy) is 1. The SMILES string of the molecule is C[C@H]1C(O[Si](C)(C)C(C)(C)C)C[C@@H](C(=O)NCc2ccnc(-c3cnc(C(F)(F)F)nc3)c2)N1C(=O)OC(C)(C)C. The van der Waals surface area contributed by atoms with E-state index in [-0.39, 0.29) is 29.6 Å². The van der Waals surface area contributed by atoms with E-state index in [0.29, 0.717) is 23.2 Å². The maximum Gasteiger partial charge on any atom is 0.451 e. The Kier molecular flexibility index (Phi) is 9.24. The summed E-state index contributed by atoms with van der Waals surface area (Å²) in [5, 5.41) is 2.84. The van der Waals surface area contributed by atoms with Crippen molar-refractivity contribution in [3.63, 3.8) is 0 Å². The van der Waals surface area contributed by atoms with Gasteiger partial charge in [0.25, 0.3) is 0 Å². The molecule has 1 fully saturated rings. The molecule has 0 aromatic carbocycles. The van der Waals surface area contributed by atoms with Gasteiger partial charge in [0.1, 0.15) is 11.6 Å². The number of hydrogen-bond acceptors (Lipinski definition) is 7. The molecule has 41 heavy (non-hydrogen) atoms. The molecule has 2 aromatic heterocycles. The van der Waals surface area contributed by atoms with E-state index in [0.717, 1.165) is 12.4 Å². The van der Waals surface area contributed by atoms with Crippen LogP contribution in [0.4, 0.5) is 18.0 Å². The van der Waals surface area contributed by atoms with Gasteiger partial charge in [0.2, 0.25) is 11.7 Å². The monoisotopic (exact) mass is 595 g/mol. The quantitative estimate of drug-likeness (QED) is 0.411. The first kappa shape index (κ1) is 32.5. The van der Waals surface area contributed by atoms with Crippen molar-refractivity contribution in [2.75, 3.05) is 0 Å². The molecule has 9 nitrogen and oxygen atoms in total. The molecule has 1 unspecified atom stereocenters. The summed E-state index contributed by atoms with van der Waals surface area (Å²) >= 11 is 0. The Morgan fingerprint density at radius 3 is 2.22 bits per heavy atom. The molecule has 226 valence electrons. The maximum atomic E-state index is 13.5. The number of aromatic nitrogens is 3. The minimum Gasteiger partial charge on any atom is -0.444 e.